The molecule has 0 bridgehead atoms. The number of anilines is 2. The van der Waals surface area contributed by atoms with Crippen LogP contribution >= 0.6 is 0 Å². The molecule has 10 heteroatoms. The lowest BCUT2D eigenvalue weighted by Gasteiger charge is -2.34. The molecule has 5 rings (SSSR count). The lowest BCUT2D eigenvalue weighted by Crippen LogP contribution is -2.32. The van der Waals surface area contributed by atoms with Crippen molar-refractivity contribution in [1.29, 1.82) is 0 Å². The fourth-order valence-corrected chi connectivity index (χ4v) is 3.44. The molecule has 0 radical (unpaired) electrons. The fourth-order valence-electron chi connectivity index (χ4n) is 3.44. The lowest BCUT2D eigenvalue weighted by molar-refractivity contribution is 0.00258. The molecule has 4 aromatic heterocycles. The van der Waals surface area contributed by atoms with Crippen molar-refractivity contribution in [3.8, 4) is 22.6 Å². The van der Waals surface area contributed by atoms with Gasteiger partial charge in [-0.2, -0.15) is 15.3 Å². The van der Waals surface area contributed by atoms with Crippen molar-refractivity contribution in [2.24, 2.45) is 0 Å². The van der Waals surface area contributed by atoms with E-state index in [1.54, 1.807) is 23.9 Å². The lowest BCUT2D eigenvalue weighted by atomic mass is 9.89. The molecule has 1 aliphatic carbocycles. The first kappa shape index (κ1) is 15.8. The number of rotatable bonds is 4. The Balaban J connectivity index is 1.60. The van der Waals surface area contributed by atoms with E-state index >= 15 is 0 Å². The van der Waals surface area contributed by atoms with Crippen molar-refractivity contribution < 1.29 is 4.74 Å². The van der Waals surface area contributed by atoms with E-state index < -0.39 is 0 Å². The molecule has 5 N–H and O–H groups in total. The van der Waals surface area contributed by atoms with Gasteiger partial charge in [0, 0.05) is 19.4 Å². The summed E-state index contributed by atoms with van der Waals surface area (Å²) < 4.78 is 9.03. The first-order valence-electron chi connectivity index (χ1n) is 8.66. The Morgan fingerprint density at radius 1 is 1.26 bits per heavy atom. The number of H-pyrrole nitrogens is 1. The highest BCUT2D eigenvalue weighted by Crippen LogP contribution is 2.37. The first-order valence-corrected chi connectivity index (χ1v) is 8.66. The number of aromatic amines is 1. The van der Waals surface area contributed by atoms with Gasteiger partial charge < -0.3 is 16.2 Å². The van der Waals surface area contributed by atoms with Gasteiger partial charge in [-0.05, 0) is 18.9 Å². The van der Waals surface area contributed by atoms with Crippen LogP contribution in [0.1, 0.15) is 18.9 Å². The van der Waals surface area contributed by atoms with Crippen molar-refractivity contribution in [1.82, 2.24) is 34.6 Å². The standard InChI is InChI=1S/C17H19N9O/c1-27-10-4-9(5-10)25-7-11(17(19)24-25)16-14-2-3-20-26(14)8-13(21-16)12-6-15(18)23-22-12/h2-3,6-10H,4-5H2,1H3,(H2,19,24)(H3,18,22,23). The molecule has 138 valence electrons. The van der Waals surface area contributed by atoms with E-state index in [-0.39, 0.29) is 6.10 Å². The third kappa shape index (κ3) is 2.53. The summed E-state index contributed by atoms with van der Waals surface area (Å²) in [5.74, 6) is 0.840. The van der Waals surface area contributed by atoms with Gasteiger partial charge in [-0.15, -0.1) is 0 Å². The van der Waals surface area contributed by atoms with E-state index in [1.807, 2.05) is 23.1 Å². The summed E-state index contributed by atoms with van der Waals surface area (Å²) in [6.45, 7) is 0. The Hall–Kier alpha value is -3.40. The van der Waals surface area contributed by atoms with Crippen LogP contribution in [0.3, 0.4) is 0 Å². The molecule has 10 nitrogen and oxygen atoms in total. The van der Waals surface area contributed by atoms with Gasteiger partial charge in [-0.25, -0.2) is 9.50 Å². The van der Waals surface area contributed by atoms with Crippen LogP contribution in [0.5, 0.6) is 0 Å². The number of nitrogens with one attached hydrogen (secondary N) is 1. The minimum atomic E-state index is 0.290. The van der Waals surface area contributed by atoms with Gasteiger partial charge >= 0.3 is 0 Å². The number of methoxy groups -OCH3 is 1. The van der Waals surface area contributed by atoms with Crippen LogP contribution in [0, 0.1) is 0 Å². The molecule has 27 heavy (non-hydrogen) atoms. The first-order chi connectivity index (χ1) is 13.1. The second-order valence-corrected chi connectivity index (χ2v) is 6.73. The minimum Gasteiger partial charge on any atom is -0.382 e. The Morgan fingerprint density at radius 3 is 2.85 bits per heavy atom. The average molecular weight is 365 g/mol. The summed E-state index contributed by atoms with van der Waals surface area (Å²) >= 11 is 0. The molecule has 1 saturated carbocycles. The van der Waals surface area contributed by atoms with Crippen LogP contribution < -0.4 is 11.5 Å². The fraction of sp³-hybridized carbons (Fsp3) is 0.294. The number of hydrogen-bond donors (Lipinski definition) is 3. The van der Waals surface area contributed by atoms with Gasteiger partial charge in [0.2, 0.25) is 0 Å². The van der Waals surface area contributed by atoms with E-state index in [1.165, 1.54) is 0 Å². The van der Waals surface area contributed by atoms with Crippen LogP contribution in [0.4, 0.5) is 11.6 Å². The van der Waals surface area contributed by atoms with Crippen molar-refractivity contribution in [2.75, 3.05) is 18.6 Å². The molecule has 0 unspecified atom stereocenters. The highest BCUT2D eigenvalue weighted by molar-refractivity contribution is 5.83. The van der Waals surface area contributed by atoms with Crippen LogP contribution in [0.2, 0.25) is 0 Å². The van der Waals surface area contributed by atoms with E-state index in [0.717, 1.165) is 23.9 Å². The van der Waals surface area contributed by atoms with E-state index in [0.29, 0.717) is 34.8 Å². The SMILES string of the molecule is COC1CC(n2cc(-c3nc(-c4cc(N)n[nH]4)cn4nccc34)c(N)n2)C1. The molecule has 1 aliphatic rings. The van der Waals surface area contributed by atoms with Gasteiger partial charge in [-0.3, -0.25) is 9.78 Å². The zero-order valence-electron chi connectivity index (χ0n) is 14.7. The van der Waals surface area contributed by atoms with Crippen LogP contribution in [-0.4, -0.2) is 47.8 Å². The summed E-state index contributed by atoms with van der Waals surface area (Å²) in [7, 11) is 1.73. The van der Waals surface area contributed by atoms with Crippen LogP contribution in [-0.2, 0) is 4.74 Å². The van der Waals surface area contributed by atoms with Crippen molar-refractivity contribution in [3.63, 3.8) is 0 Å². The zero-order valence-corrected chi connectivity index (χ0v) is 14.7. The number of nitrogen functional groups attached to an aromatic ring is 2. The maximum Gasteiger partial charge on any atom is 0.155 e. The average Bonchev–Trinajstić information content (AvgIpc) is 3.33. The molecular weight excluding hydrogens is 346 g/mol. The second kappa shape index (κ2) is 5.81. The zero-order chi connectivity index (χ0) is 18.5. The monoisotopic (exact) mass is 365 g/mol. The van der Waals surface area contributed by atoms with Gasteiger partial charge in [0.15, 0.2) is 5.82 Å². The molecule has 0 aromatic carbocycles. The van der Waals surface area contributed by atoms with Gasteiger partial charge in [-0.1, -0.05) is 0 Å². The summed E-state index contributed by atoms with van der Waals surface area (Å²) in [6.07, 6.45) is 7.65. The van der Waals surface area contributed by atoms with Gasteiger partial charge in [0.25, 0.3) is 0 Å². The predicted molar refractivity (Wildman–Crippen MR) is 99.7 cm³/mol. The Morgan fingerprint density at radius 2 is 2.11 bits per heavy atom. The summed E-state index contributed by atoms with van der Waals surface area (Å²) in [4.78, 5) is 4.79. The highest BCUT2D eigenvalue weighted by atomic mass is 16.5. The number of nitrogens with two attached hydrogens (primary N) is 2. The normalized spacial score (nSPS) is 19.4. The molecule has 1 fully saturated rings. The molecule has 4 heterocycles. The Labute approximate surface area is 154 Å². The Kier molecular flexibility index (Phi) is 3.41. The third-order valence-electron chi connectivity index (χ3n) is 5.06. The van der Waals surface area contributed by atoms with Crippen molar-refractivity contribution >= 4 is 17.2 Å². The quantitative estimate of drug-likeness (QED) is 0.498. The van der Waals surface area contributed by atoms with E-state index in [4.69, 9.17) is 21.2 Å². The third-order valence-corrected chi connectivity index (χ3v) is 5.06. The second-order valence-electron chi connectivity index (χ2n) is 6.73. The number of aromatic nitrogens is 7. The maximum absolute atomic E-state index is 6.24. The minimum absolute atomic E-state index is 0.290. The number of ether oxygens (including phenoxy) is 1. The summed E-state index contributed by atoms with van der Waals surface area (Å²) in [5.41, 5.74) is 15.7. The molecule has 0 amide bonds. The van der Waals surface area contributed by atoms with Gasteiger partial charge in [0.1, 0.15) is 17.2 Å². The van der Waals surface area contributed by atoms with Crippen LogP contribution in [0.15, 0.2) is 30.7 Å². The molecular formula is C17H19N9O. The van der Waals surface area contributed by atoms with Gasteiger partial charge in [0.05, 0.1) is 41.3 Å². The number of hydrogen-bond acceptors (Lipinski definition) is 7. The molecule has 0 atom stereocenters. The summed E-state index contributed by atoms with van der Waals surface area (Å²) in [6, 6.07) is 3.92. The van der Waals surface area contributed by atoms with Crippen LogP contribution in [0.25, 0.3) is 28.2 Å². The largest absolute Gasteiger partial charge is 0.382 e. The van der Waals surface area contributed by atoms with E-state index in [9.17, 15) is 0 Å². The molecule has 0 spiro atoms. The Bertz CT molecular complexity index is 1120. The topological polar surface area (TPSA) is 138 Å². The predicted octanol–water partition coefficient (Wildman–Crippen LogP) is 1.50. The number of fused-ring (bicyclic) bond motifs is 1. The molecule has 0 saturated heterocycles. The van der Waals surface area contributed by atoms with Crippen molar-refractivity contribution in [2.45, 2.75) is 25.0 Å². The van der Waals surface area contributed by atoms with E-state index in [2.05, 4.69) is 20.4 Å². The highest BCUT2D eigenvalue weighted by Gasteiger charge is 2.32. The molecule has 0 aliphatic heterocycles. The molecule has 4 aromatic rings. The smallest absolute Gasteiger partial charge is 0.155 e. The summed E-state index contributed by atoms with van der Waals surface area (Å²) in [5, 5.41) is 15.7. The van der Waals surface area contributed by atoms with Crippen molar-refractivity contribution in [3.05, 3.63) is 30.7 Å². The number of nitrogens with zero attached hydrogens (tertiary/aromatic N) is 6. The maximum atomic E-state index is 6.24.